The minimum Gasteiger partial charge on any atom is -0.486 e. The maximum atomic E-state index is 11.5. The average Bonchev–Trinajstić information content (AvgIpc) is 2.36. The molecule has 0 bridgehead atoms. The Hall–Kier alpha value is -1.26. The number of carbonyl (C=O) groups is 1. The first-order chi connectivity index (χ1) is 8.91. The molecular weight excluding hydrogens is 278 g/mol. The summed E-state index contributed by atoms with van der Waals surface area (Å²) >= 11 is 0. The predicted octanol–water partition coefficient (Wildman–Crippen LogP) is 2.79. The Morgan fingerprint density at radius 3 is 2.10 bits per heavy atom. The van der Waals surface area contributed by atoms with Crippen molar-refractivity contribution in [2.45, 2.75) is 45.9 Å². The van der Waals surface area contributed by atoms with E-state index in [1.165, 1.54) is 0 Å². The monoisotopic (exact) mass is 301 g/mol. The molecule has 0 amide bonds. The van der Waals surface area contributed by atoms with Gasteiger partial charge in [0.1, 0.15) is 24.0 Å². The molecule has 0 spiro atoms. The van der Waals surface area contributed by atoms with Gasteiger partial charge in [-0.2, -0.15) is 0 Å². The maximum absolute atomic E-state index is 11.5. The van der Waals surface area contributed by atoms with Gasteiger partial charge in [-0.1, -0.05) is 32.0 Å². The summed E-state index contributed by atoms with van der Waals surface area (Å²) in [6.07, 6.45) is -0.552. The maximum Gasteiger partial charge on any atom is 0.323 e. The van der Waals surface area contributed by atoms with Gasteiger partial charge in [0.2, 0.25) is 0 Å². The highest BCUT2D eigenvalue weighted by Crippen LogP contribution is 2.19. The zero-order chi connectivity index (χ0) is 14.4. The first-order valence-electron chi connectivity index (χ1n) is 6.59. The van der Waals surface area contributed by atoms with Gasteiger partial charge in [0, 0.05) is 0 Å². The number of hydrogen-bond acceptors (Lipinski definition) is 4. The number of para-hydroxylation sites is 1. The van der Waals surface area contributed by atoms with Crippen LogP contribution in [-0.4, -0.2) is 24.2 Å². The molecule has 0 aliphatic rings. The Morgan fingerprint density at radius 1 is 1.10 bits per heavy atom. The Kier molecular flexibility index (Phi) is 8.26. The molecule has 5 heteroatoms. The molecule has 1 aromatic rings. The summed E-state index contributed by atoms with van der Waals surface area (Å²) in [5.41, 5.74) is 5.50. The molecule has 0 radical (unpaired) electrons. The van der Waals surface area contributed by atoms with Crippen LogP contribution in [0.1, 0.15) is 27.7 Å². The molecule has 0 saturated heterocycles. The Bertz CT molecular complexity index is 395. The first-order valence-corrected chi connectivity index (χ1v) is 6.59. The third-order valence-electron chi connectivity index (χ3n) is 2.81. The van der Waals surface area contributed by atoms with Gasteiger partial charge < -0.3 is 15.2 Å². The number of carbonyl (C=O) groups excluding carboxylic acids is 1. The van der Waals surface area contributed by atoms with Crippen molar-refractivity contribution in [3.63, 3.8) is 0 Å². The van der Waals surface area contributed by atoms with Gasteiger partial charge >= 0.3 is 5.97 Å². The molecule has 3 atom stereocenters. The lowest BCUT2D eigenvalue weighted by molar-refractivity contribution is -0.155. The van der Waals surface area contributed by atoms with Gasteiger partial charge in [-0.15, -0.1) is 12.4 Å². The summed E-state index contributed by atoms with van der Waals surface area (Å²) in [5.74, 6) is 0.579. The highest BCUT2D eigenvalue weighted by Gasteiger charge is 2.27. The Balaban J connectivity index is 0.00000361. The van der Waals surface area contributed by atoms with Gasteiger partial charge in [-0.25, -0.2) is 0 Å². The summed E-state index contributed by atoms with van der Waals surface area (Å²) in [6.45, 7) is 7.50. The molecule has 4 nitrogen and oxygen atoms in total. The van der Waals surface area contributed by atoms with E-state index in [9.17, 15) is 4.79 Å². The van der Waals surface area contributed by atoms with Crippen molar-refractivity contribution in [1.29, 1.82) is 0 Å². The lowest BCUT2D eigenvalue weighted by Gasteiger charge is -2.28. The average molecular weight is 302 g/mol. The summed E-state index contributed by atoms with van der Waals surface area (Å²) < 4.78 is 11.2. The number of ether oxygens (including phenoxy) is 2. The largest absolute Gasteiger partial charge is 0.486 e. The van der Waals surface area contributed by atoms with Crippen LogP contribution in [-0.2, 0) is 9.53 Å². The van der Waals surface area contributed by atoms with Crippen LogP contribution < -0.4 is 10.5 Å². The van der Waals surface area contributed by atoms with Crippen LogP contribution in [0.2, 0.25) is 0 Å². The van der Waals surface area contributed by atoms with Crippen LogP contribution in [0.4, 0.5) is 0 Å². The zero-order valence-electron chi connectivity index (χ0n) is 12.4. The minimum absolute atomic E-state index is 0. The Labute approximate surface area is 127 Å². The second-order valence-electron chi connectivity index (χ2n) is 5.07. The minimum atomic E-state index is -0.619. The zero-order valence-corrected chi connectivity index (χ0v) is 13.2. The van der Waals surface area contributed by atoms with Crippen LogP contribution in [0.5, 0.6) is 5.75 Å². The number of hydrogen-bond donors (Lipinski definition) is 1. The van der Waals surface area contributed by atoms with Gasteiger partial charge in [-0.3, -0.25) is 4.79 Å². The number of halogens is 1. The van der Waals surface area contributed by atoms with Crippen LogP contribution in [0.15, 0.2) is 30.3 Å². The van der Waals surface area contributed by atoms with Crippen molar-refractivity contribution in [3.8, 4) is 5.75 Å². The van der Waals surface area contributed by atoms with Crippen molar-refractivity contribution < 1.29 is 14.3 Å². The van der Waals surface area contributed by atoms with Crippen molar-refractivity contribution in [1.82, 2.24) is 0 Å². The fourth-order valence-electron chi connectivity index (χ4n) is 1.79. The predicted molar refractivity (Wildman–Crippen MR) is 82.1 cm³/mol. The molecule has 2 N–H and O–H groups in total. The quantitative estimate of drug-likeness (QED) is 0.821. The van der Waals surface area contributed by atoms with Gasteiger partial charge in [-0.05, 0) is 31.9 Å². The third kappa shape index (κ3) is 5.80. The topological polar surface area (TPSA) is 61.5 Å². The molecule has 1 rings (SSSR count). The third-order valence-corrected chi connectivity index (χ3v) is 2.81. The van der Waals surface area contributed by atoms with Crippen molar-refractivity contribution in [3.05, 3.63) is 30.3 Å². The van der Waals surface area contributed by atoms with Gasteiger partial charge in [0.05, 0.1) is 0 Å². The van der Waals surface area contributed by atoms with E-state index in [4.69, 9.17) is 15.2 Å². The Morgan fingerprint density at radius 2 is 1.65 bits per heavy atom. The number of nitrogens with two attached hydrogens (primary N) is 1. The van der Waals surface area contributed by atoms with Crippen LogP contribution in [0.25, 0.3) is 0 Å². The first kappa shape index (κ1) is 18.7. The van der Waals surface area contributed by atoms with E-state index in [-0.39, 0.29) is 30.5 Å². The smallest absolute Gasteiger partial charge is 0.323 e. The summed E-state index contributed by atoms with van der Waals surface area (Å²) in [7, 11) is 0. The molecule has 0 aliphatic carbocycles. The van der Waals surface area contributed by atoms with E-state index in [2.05, 4.69) is 0 Å². The lowest BCUT2D eigenvalue weighted by Crippen LogP contribution is -2.41. The fourth-order valence-corrected chi connectivity index (χ4v) is 1.79. The lowest BCUT2D eigenvalue weighted by atomic mass is 10.0. The molecule has 0 fully saturated rings. The molecule has 20 heavy (non-hydrogen) atoms. The second kappa shape index (κ2) is 8.82. The standard InChI is InChI=1S/C15H23NO3.ClH/c1-10(2)14(12(4)18-15(17)11(3)16)19-13-8-6-5-7-9-13;/h5-12,14H,16H2,1-4H3;1H/t11-,12-,14+;/m0./s1. The van der Waals surface area contributed by atoms with Crippen LogP contribution in [0, 0.1) is 5.92 Å². The van der Waals surface area contributed by atoms with Gasteiger partial charge in [0.15, 0.2) is 0 Å². The number of rotatable bonds is 6. The number of esters is 1. The van der Waals surface area contributed by atoms with Crippen LogP contribution >= 0.6 is 12.4 Å². The second-order valence-corrected chi connectivity index (χ2v) is 5.07. The molecular formula is C15H24ClNO3. The van der Waals surface area contributed by atoms with Gasteiger partial charge in [0.25, 0.3) is 0 Å². The number of benzene rings is 1. The highest BCUT2D eigenvalue weighted by atomic mass is 35.5. The van der Waals surface area contributed by atoms with E-state index in [1.807, 2.05) is 51.1 Å². The van der Waals surface area contributed by atoms with E-state index >= 15 is 0 Å². The normalized spacial score (nSPS) is 14.9. The molecule has 0 saturated carbocycles. The fraction of sp³-hybridized carbons (Fsp3) is 0.533. The van der Waals surface area contributed by atoms with E-state index in [1.54, 1.807) is 6.92 Å². The van der Waals surface area contributed by atoms with Crippen molar-refractivity contribution >= 4 is 18.4 Å². The van der Waals surface area contributed by atoms with Crippen LogP contribution in [0.3, 0.4) is 0 Å². The van der Waals surface area contributed by atoms with Crippen molar-refractivity contribution in [2.75, 3.05) is 0 Å². The molecule has 0 heterocycles. The summed E-state index contributed by atoms with van der Waals surface area (Å²) in [6, 6.07) is 8.89. The summed E-state index contributed by atoms with van der Waals surface area (Å²) in [5, 5.41) is 0. The summed E-state index contributed by atoms with van der Waals surface area (Å²) in [4.78, 5) is 11.5. The van der Waals surface area contributed by atoms with E-state index < -0.39 is 12.0 Å². The molecule has 0 aromatic heterocycles. The molecule has 1 aromatic carbocycles. The molecule has 114 valence electrons. The van der Waals surface area contributed by atoms with E-state index in [0.717, 1.165) is 5.75 Å². The van der Waals surface area contributed by atoms with E-state index in [0.29, 0.717) is 0 Å². The van der Waals surface area contributed by atoms with Crippen molar-refractivity contribution in [2.24, 2.45) is 11.7 Å². The SMILES string of the molecule is CC(C)[C@@H](Oc1ccccc1)[C@H](C)OC(=O)[C@H](C)N.Cl. The highest BCUT2D eigenvalue weighted by molar-refractivity contribution is 5.85. The molecule has 0 unspecified atom stereocenters. The molecule has 0 aliphatic heterocycles.